The second-order valence-corrected chi connectivity index (χ2v) is 13.9. The fraction of sp³-hybridized carbons (Fsp3) is 0.586. The van der Waals surface area contributed by atoms with Crippen molar-refractivity contribution in [2.45, 2.75) is 70.7 Å². The highest BCUT2D eigenvalue weighted by Gasteiger charge is 2.31. The zero-order chi connectivity index (χ0) is 31.9. The number of carbonyl (C=O) groups is 1. The first-order chi connectivity index (χ1) is 20.2. The lowest BCUT2D eigenvalue weighted by molar-refractivity contribution is -0.138. The number of anilines is 1. The first-order valence-corrected chi connectivity index (χ1v) is 16.0. The van der Waals surface area contributed by atoms with Crippen molar-refractivity contribution in [1.82, 2.24) is 28.7 Å². The number of aromatic nitrogens is 4. The molecule has 14 heteroatoms. The maximum absolute atomic E-state index is 13.9. The fourth-order valence-corrected chi connectivity index (χ4v) is 6.79. The van der Waals surface area contributed by atoms with Gasteiger partial charge in [-0.05, 0) is 63.4 Å². The van der Waals surface area contributed by atoms with E-state index in [1.54, 1.807) is 12.1 Å². The summed E-state index contributed by atoms with van der Waals surface area (Å²) >= 11 is 0. The Labute approximate surface area is 253 Å². The molecule has 0 radical (unpaired) electrons. The minimum absolute atomic E-state index is 0.0504. The van der Waals surface area contributed by atoms with Crippen molar-refractivity contribution >= 4 is 33.0 Å². The number of fused-ring (bicyclic) bond motifs is 1. The number of benzene rings is 1. The minimum Gasteiger partial charge on any atom is -0.481 e. The average molecular weight is 620 g/mol. The van der Waals surface area contributed by atoms with Gasteiger partial charge in [-0.3, -0.25) is 9.36 Å². The van der Waals surface area contributed by atoms with E-state index in [1.165, 1.54) is 27.9 Å². The summed E-state index contributed by atoms with van der Waals surface area (Å²) in [6.45, 7) is 9.41. The molecule has 43 heavy (non-hydrogen) atoms. The number of hydrogen-bond acceptors (Lipinski definition) is 9. The van der Waals surface area contributed by atoms with Gasteiger partial charge in [-0.1, -0.05) is 39.3 Å². The fourth-order valence-electron chi connectivity index (χ4n) is 5.07. The highest BCUT2D eigenvalue weighted by molar-refractivity contribution is 7.89. The number of nitrogens with two attached hydrogens (primary N) is 1. The topological polar surface area (TPSA) is 177 Å². The van der Waals surface area contributed by atoms with Crippen molar-refractivity contribution in [2.75, 3.05) is 46.1 Å². The summed E-state index contributed by atoms with van der Waals surface area (Å²) in [5, 5.41) is 9.45. The van der Waals surface area contributed by atoms with Crippen LogP contribution in [0.2, 0.25) is 0 Å². The largest absolute Gasteiger partial charge is 0.481 e. The number of imidazole rings is 1. The van der Waals surface area contributed by atoms with E-state index < -0.39 is 21.9 Å². The van der Waals surface area contributed by atoms with Gasteiger partial charge in [0.15, 0.2) is 11.5 Å². The van der Waals surface area contributed by atoms with Crippen LogP contribution in [-0.2, 0) is 21.4 Å². The van der Waals surface area contributed by atoms with E-state index in [2.05, 4.69) is 15.0 Å². The van der Waals surface area contributed by atoms with Crippen LogP contribution in [-0.4, -0.2) is 88.6 Å². The van der Waals surface area contributed by atoms with Crippen LogP contribution in [0.1, 0.15) is 64.9 Å². The number of nitrogen functional groups attached to an aromatic ring is 1. The maximum Gasteiger partial charge on any atom is 0.327 e. The summed E-state index contributed by atoms with van der Waals surface area (Å²) in [5.74, 6) is -1.76. The third-order valence-corrected chi connectivity index (χ3v) is 8.95. The quantitative estimate of drug-likeness (QED) is 0.190. The van der Waals surface area contributed by atoms with Gasteiger partial charge in [-0.15, -0.1) is 0 Å². The number of nitrogens with zero attached hydrogens (tertiary/aromatic N) is 5. The number of H-pyrrole nitrogens is 1. The predicted molar refractivity (Wildman–Crippen MR) is 166 cm³/mol. The predicted octanol–water partition coefficient (Wildman–Crippen LogP) is 3.13. The number of aliphatic carboxylic acids is 1. The van der Waals surface area contributed by atoms with Gasteiger partial charge < -0.3 is 25.5 Å². The zero-order valence-electron chi connectivity index (χ0n) is 26.0. The smallest absolute Gasteiger partial charge is 0.327 e. The van der Waals surface area contributed by atoms with Crippen molar-refractivity contribution in [2.24, 2.45) is 5.41 Å². The molecule has 4 N–H and O–H groups in total. The molecule has 238 valence electrons. The number of rotatable bonds is 17. The number of ether oxygens (including phenoxy) is 1. The van der Waals surface area contributed by atoms with Gasteiger partial charge in [0.25, 0.3) is 0 Å². The number of carboxylic acid groups (broad SMARTS) is 1. The van der Waals surface area contributed by atoms with E-state index >= 15 is 0 Å². The molecular formula is C29H45N7O6S. The summed E-state index contributed by atoms with van der Waals surface area (Å²) in [6.07, 6.45) is 2.72. The Morgan fingerprint density at radius 2 is 1.91 bits per heavy atom. The van der Waals surface area contributed by atoms with Crippen LogP contribution in [0, 0.1) is 5.41 Å². The standard InChI is InChI=1S/C29H45N7O6S/c1-7-8-16-42-27-32-24(30)23-25(33-27)36(28(39)31-23)15-10-9-14-35(19-29(3,4)18-34(5)6)43(40,41)22-13-11-12-21(17-22)20(2)26(37)38/h11-13,17,20H,7-10,14-16,18-19H2,1-6H3,(H,31,39)(H,37,38)(H2,30,32,33). The van der Waals surface area contributed by atoms with Crippen molar-refractivity contribution < 1.29 is 23.1 Å². The molecule has 0 amide bonds. The number of aryl methyl sites for hydroxylation is 1. The molecule has 0 aliphatic carbocycles. The number of hydrogen-bond donors (Lipinski definition) is 3. The van der Waals surface area contributed by atoms with Crippen molar-refractivity contribution in [1.29, 1.82) is 0 Å². The molecular weight excluding hydrogens is 574 g/mol. The lowest BCUT2D eigenvalue weighted by Gasteiger charge is -2.34. The number of aromatic amines is 1. The van der Waals surface area contributed by atoms with Crippen LogP contribution >= 0.6 is 0 Å². The van der Waals surface area contributed by atoms with Gasteiger partial charge in [-0.2, -0.15) is 14.3 Å². The Morgan fingerprint density at radius 3 is 2.56 bits per heavy atom. The van der Waals surface area contributed by atoms with Gasteiger partial charge in [0.1, 0.15) is 5.52 Å². The molecule has 0 saturated heterocycles. The normalized spacial score (nSPS) is 13.2. The van der Waals surface area contributed by atoms with Gasteiger partial charge in [0, 0.05) is 26.2 Å². The molecule has 13 nitrogen and oxygen atoms in total. The Morgan fingerprint density at radius 1 is 1.19 bits per heavy atom. The van der Waals surface area contributed by atoms with Crippen molar-refractivity contribution in [3.05, 3.63) is 40.3 Å². The molecule has 1 unspecified atom stereocenters. The van der Waals surface area contributed by atoms with Gasteiger partial charge in [-0.25, -0.2) is 13.2 Å². The van der Waals surface area contributed by atoms with Crippen LogP contribution in [0.4, 0.5) is 5.82 Å². The van der Waals surface area contributed by atoms with E-state index in [9.17, 15) is 23.1 Å². The molecule has 0 aliphatic heterocycles. The van der Waals surface area contributed by atoms with E-state index in [4.69, 9.17) is 10.5 Å². The summed E-state index contributed by atoms with van der Waals surface area (Å²) < 4.78 is 36.4. The second-order valence-electron chi connectivity index (χ2n) is 12.0. The van der Waals surface area contributed by atoms with Crippen LogP contribution in [0.5, 0.6) is 6.01 Å². The molecule has 0 bridgehead atoms. The summed E-state index contributed by atoms with van der Waals surface area (Å²) in [6, 6.07) is 6.23. The first-order valence-electron chi connectivity index (χ1n) is 14.5. The molecule has 0 aliphatic rings. The second kappa shape index (κ2) is 14.3. The van der Waals surface area contributed by atoms with Crippen LogP contribution in [0.25, 0.3) is 11.2 Å². The number of sulfonamides is 1. The van der Waals surface area contributed by atoms with E-state index in [0.717, 1.165) is 12.8 Å². The molecule has 3 rings (SSSR count). The highest BCUT2D eigenvalue weighted by Crippen LogP contribution is 2.27. The number of unbranched alkanes of at least 4 members (excludes halogenated alkanes) is 2. The third-order valence-electron chi connectivity index (χ3n) is 7.11. The Hall–Kier alpha value is -3.49. The van der Waals surface area contributed by atoms with Gasteiger partial charge >= 0.3 is 17.7 Å². The molecule has 0 fully saturated rings. The zero-order valence-corrected chi connectivity index (χ0v) is 26.8. The molecule has 0 saturated carbocycles. The van der Waals surface area contributed by atoms with Gasteiger partial charge in [0.05, 0.1) is 17.4 Å². The minimum atomic E-state index is -3.96. The number of nitrogens with one attached hydrogen (secondary N) is 1. The van der Waals surface area contributed by atoms with E-state index in [1.807, 2.05) is 39.8 Å². The van der Waals surface area contributed by atoms with Crippen molar-refractivity contribution in [3.8, 4) is 6.01 Å². The van der Waals surface area contributed by atoms with Crippen LogP contribution in [0.3, 0.4) is 0 Å². The van der Waals surface area contributed by atoms with E-state index in [0.29, 0.717) is 42.7 Å². The van der Waals surface area contributed by atoms with Gasteiger partial charge in [0.2, 0.25) is 10.0 Å². The molecule has 1 aromatic carbocycles. The Bertz CT molecular complexity index is 1560. The van der Waals surface area contributed by atoms with E-state index in [-0.39, 0.29) is 47.5 Å². The Balaban J connectivity index is 1.83. The molecule has 0 spiro atoms. The summed E-state index contributed by atoms with van der Waals surface area (Å²) in [5.41, 5.74) is 6.38. The molecule has 3 aromatic rings. The summed E-state index contributed by atoms with van der Waals surface area (Å²) in [4.78, 5) is 37.6. The lowest BCUT2D eigenvalue weighted by atomic mass is 9.93. The molecule has 2 heterocycles. The molecule has 2 aromatic heterocycles. The Kier molecular flexibility index (Phi) is 11.3. The summed E-state index contributed by atoms with van der Waals surface area (Å²) in [7, 11) is -0.0830. The van der Waals surface area contributed by atoms with Crippen molar-refractivity contribution in [3.63, 3.8) is 0 Å². The molecule has 1 atom stereocenters. The van der Waals surface area contributed by atoms with Crippen LogP contribution in [0.15, 0.2) is 34.0 Å². The highest BCUT2D eigenvalue weighted by atomic mass is 32.2. The van der Waals surface area contributed by atoms with Crippen LogP contribution < -0.4 is 16.2 Å². The first kappa shape index (κ1) is 34.0. The lowest BCUT2D eigenvalue weighted by Crippen LogP contribution is -2.43. The average Bonchev–Trinajstić information content (AvgIpc) is 3.24. The SMILES string of the molecule is CCCCOc1nc(N)c2[nH]c(=O)n(CCCCN(CC(C)(C)CN(C)C)S(=O)(=O)c3cccc(C(C)C(=O)O)c3)c2n1. The maximum atomic E-state index is 13.9. The third kappa shape index (κ3) is 8.77. The number of carboxylic acids is 1. The monoisotopic (exact) mass is 619 g/mol.